The van der Waals surface area contributed by atoms with Crippen LogP contribution in [-0.4, -0.2) is 49.7 Å². The monoisotopic (exact) mass is 518 g/mol. The first-order valence-corrected chi connectivity index (χ1v) is 13.5. The van der Waals surface area contributed by atoms with Crippen molar-refractivity contribution in [2.24, 2.45) is 23.2 Å². The third kappa shape index (κ3) is 5.77. The molecule has 2 saturated carbocycles. The van der Waals surface area contributed by atoms with Crippen LogP contribution in [0, 0.1) is 23.2 Å². The first kappa shape index (κ1) is 26.2. The maximum atomic E-state index is 13.6. The van der Waals surface area contributed by atoms with Crippen LogP contribution in [0.15, 0.2) is 23.3 Å². The Kier molecular flexibility index (Phi) is 7.41. The number of rotatable bonds is 8. The molecule has 0 saturated heterocycles. The van der Waals surface area contributed by atoms with Crippen molar-refractivity contribution in [2.75, 3.05) is 13.4 Å². The molecule has 2 fully saturated rings. The Morgan fingerprint density at radius 3 is 2.69 bits per heavy atom. The molecule has 0 spiro atoms. The van der Waals surface area contributed by atoms with Crippen molar-refractivity contribution in [2.45, 2.75) is 76.1 Å². The Morgan fingerprint density at radius 2 is 1.97 bits per heavy atom. The Labute approximate surface area is 203 Å². The van der Waals surface area contributed by atoms with Gasteiger partial charge in [-0.2, -0.15) is 17.2 Å². The molecule has 5 unspecified atom stereocenters. The lowest BCUT2D eigenvalue weighted by Crippen LogP contribution is -2.43. The average molecular weight is 519 g/mol. The molecule has 1 N–H and O–H groups in total. The zero-order valence-electron chi connectivity index (χ0n) is 19.7. The zero-order valence-corrected chi connectivity index (χ0v) is 20.5. The van der Waals surface area contributed by atoms with Gasteiger partial charge < -0.3 is 14.2 Å². The lowest BCUT2D eigenvalue weighted by Gasteiger charge is -2.40. The van der Waals surface area contributed by atoms with Gasteiger partial charge in [0.1, 0.15) is 6.10 Å². The number of alkyl halides is 2. The van der Waals surface area contributed by atoms with Gasteiger partial charge in [0.2, 0.25) is 0 Å². The lowest BCUT2D eigenvalue weighted by molar-refractivity contribution is -0.168. The summed E-state index contributed by atoms with van der Waals surface area (Å²) in [5.74, 6) is -1.75. The summed E-state index contributed by atoms with van der Waals surface area (Å²) in [4.78, 5) is 24.6. The van der Waals surface area contributed by atoms with Crippen molar-refractivity contribution in [3.8, 4) is 0 Å². The smallest absolute Gasteiger partial charge is 0.452 e. The van der Waals surface area contributed by atoms with E-state index in [-0.39, 0.29) is 19.1 Å². The van der Waals surface area contributed by atoms with E-state index in [1.807, 2.05) is 0 Å². The van der Waals surface area contributed by atoms with E-state index in [0.717, 1.165) is 12.8 Å². The van der Waals surface area contributed by atoms with Gasteiger partial charge in [0.05, 0.1) is 12.0 Å². The highest BCUT2D eigenvalue weighted by atomic mass is 32.2. The van der Waals surface area contributed by atoms with Gasteiger partial charge in [-0.05, 0) is 82.1 Å². The molecule has 4 rings (SSSR count). The maximum absolute atomic E-state index is 13.6. The molecule has 0 aromatic heterocycles. The van der Waals surface area contributed by atoms with Crippen molar-refractivity contribution in [3.63, 3.8) is 0 Å². The standard InChI is InChI=1S/C24H32F2O8S/c1-23(21(27)33-14-32-13-18-8-15-3-2-4-16(7-15)9-18)11-17-5-6-20(19(10-17)12-23)34-22(28)24(25,26)35(29,30)31/h8,12,16-18,20H,2-7,9-11,13-14H2,1H3,(H,29,30,31). The van der Waals surface area contributed by atoms with Gasteiger partial charge in [-0.25, -0.2) is 4.79 Å². The number of halogens is 2. The highest BCUT2D eigenvalue weighted by Crippen LogP contribution is 2.46. The summed E-state index contributed by atoms with van der Waals surface area (Å²) >= 11 is 0. The van der Waals surface area contributed by atoms with E-state index >= 15 is 0 Å². The van der Waals surface area contributed by atoms with Crippen LogP contribution >= 0.6 is 0 Å². The summed E-state index contributed by atoms with van der Waals surface area (Å²) in [6.45, 7) is 1.96. The minimum atomic E-state index is -5.95. The fourth-order valence-corrected chi connectivity index (χ4v) is 6.32. The molecule has 0 aromatic carbocycles. The van der Waals surface area contributed by atoms with Crippen molar-refractivity contribution in [1.82, 2.24) is 0 Å². The molecule has 4 aliphatic rings. The van der Waals surface area contributed by atoms with Gasteiger partial charge >= 0.3 is 27.3 Å². The Hall–Kier alpha value is -1.85. The van der Waals surface area contributed by atoms with Gasteiger partial charge in [0.15, 0.2) is 6.79 Å². The third-order valence-electron chi connectivity index (χ3n) is 7.64. The van der Waals surface area contributed by atoms with E-state index in [1.165, 1.54) is 24.8 Å². The number of carbonyl (C=O) groups excluding carboxylic acids is 2. The number of allylic oxidation sites excluding steroid dienone is 1. The second-order valence-corrected chi connectivity index (χ2v) is 12.0. The maximum Gasteiger partial charge on any atom is 0.465 e. The van der Waals surface area contributed by atoms with Crippen LogP contribution in [0.5, 0.6) is 0 Å². The molecule has 0 aromatic rings. The first-order valence-electron chi connectivity index (χ1n) is 12.1. The molecule has 4 aliphatic carbocycles. The van der Waals surface area contributed by atoms with Crippen LogP contribution in [0.2, 0.25) is 0 Å². The zero-order chi connectivity index (χ0) is 25.4. The van der Waals surface area contributed by atoms with E-state index in [0.29, 0.717) is 43.3 Å². The van der Waals surface area contributed by atoms with Gasteiger partial charge in [-0.15, -0.1) is 0 Å². The summed E-state index contributed by atoms with van der Waals surface area (Å²) in [5, 5.41) is -5.06. The van der Waals surface area contributed by atoms with E-state index in [9.17, 15) is 26.8 Å². The molecule has 0 heterocycles. The Balaban J connectivity index is 1.33. The van der Waals surface area contributed by atoms with Crippen LogP contribution in [0.1, 0.15) is 64.7 Å². The number of fused-ring (bicyclic) bond motifs is 4. The number of esters is 2. The molecular weight excluding hydrogens is 486 g/mol. The second kappa shape index (κ2) is 9.89. The van der Waals surface area contributed by atoms with Crippen LogP contribution in [-0.2, 0) is 33.9 Å². The van der Waals surface area contributed by atoms with E-state index in [2.05, 4.69) is 6.08 Å². The fourth-order valence-electron chi connectivity index (χ4n) is 6.06. The van der Waals surface area contributed by atoms with Gasteiger partial charge in [-0.1, -0.05) is 17.7 Å². The largest absolute Gasteiger partial charge is 0.465 e. The predicted octanol–water partition coefficient (Wildman–Crippen LogP) is 4.17. The molecule has 8 nitrogen and oxygen atoms in total. The summed E-state index contributed by atoms with van der Waals surface area (Å²) in [6, 6.07) is 0. The van der Waals surface area contributed by atoms with Crippen molar-refractivity contribution in [1.29, 1.82) is 0 Å². The highest BCUT2D eigenvalue weighted by Gasteiger charge is 2.55. The Morgan fingerprint density at radius 1 is 1.20 bits per heavy atom. The van der Waals surface area contributed by atoms with Gasteiger partial charge in [0.25, 0.3) is 0 Å². The van der Waals surface area contributed by atoms with Crippen LogP contribution in [0.25, 0.3) is 0 Å². The molecular formula is C24H32F2O8S. The molecule has 0 amide bonds. The van der Waals surface area contributed by atoms with Crippen molar-refractivity contribution in [3.05, 3.63) is 23.3 Å². The number of carbonyl (C=O) groups is 2. The minimum absolute atomic E-state index is 0.0683. The fraction of sp³-hybridized carbons (Fsp3) is 0.750. The summed E-state index contributed by atoms with van der Waals surface area (Å²) in [5.41, 5.74) is 0.908. The lowest BCUT2D eigenvalue weighted by atomic mass is 9.67. The van der Waals surface area contributed by atoms with E-state index in [1.54, 1.807) is 13.0 Å². The third-order valence-corrected chi connectivity index (χ3v) is 8.46. The first-order chi connectivity index (χ1) is 16.4. The van der Waals surface area contributed by atoms with Gasteiger partial charge in [-0.3, -0.25) is 9.35 Å². The molecule has 0 radical (unpaired) electrons. The van der Waals surface area contributed by atoms with Crippen LogP contribution in [0.4, 0.5) is 8.78 Å². The van der Waals surface area contributed by atoms with Crippen molar-refractivity contribution >= 4 is 22.1 Å². The highest BCUT2D eigenvalue weighted by molar-refractivity contribution is 7.87. The molecule has 35 heavy (non-hydrogen) atoms. The second-order valence-electron chi connectivity index (χ2n) is 10.6. The van der Waals surface area contributed by atoms with Crippen LogP contribution in [0.3, 0.4) is 0 Å². The minimum Gasteiger partial charge on any atom is -0.452 e. The molecule has 196 valence electrons. The van der Waals surface area contributed by atoms with E-state index in [4.69, 9.17) is 18.8 Å². The molecule has 0 aliphatic heterocycles. The van der Waals surface area contributed by atoms with E-state index < -0.39 is 38.8 Å². The normalized spacial score (nSPS) is 32.8. The SMILES string of the molecule is CC1(C(=O)OCOCC2C=C3CCCC(C3)C2)C=C2CC(CCC2OC(=O)C(F)(F)S(=O)(=O)O)C1. The molecule has 11 heteroatoms. The summed E-state index contributed by atoms with van der Waals surface area (Å²) < 4.78 is 73.3. The quantitative estimate of drug-likeness (QED) is 0.167. The summed E-state index contributed by atoms with van der Waals surface area (Å²) in [6.07, 6.45) is 10.3. The van der Waals surface area contributed by atoms with Crippen molar-refractivity contribution < 1.29 is 45.6 Å². The molecule has 4 bridgehead atoms. The molecule has 5 atom stereocenters. The summed E-state index contributed by atoms with van der Waals surface area (Å²) in [7, 11) is -5.95. The van der Waals surface area contributed by atoms with Crippen LogP contribution < -0.4 is 0 Å². The number of hydrogen-bond acceptors (Lipinski definition) is 7. The van der Waals surface area contributed by atoms with Gasteiger partial charge in [0, 0.05) is 5.92 Å². The number of ether oxygens (including phenoxy) is 3. The Bertz CT molecular complexity index is 1020. The topological polar surface area (TPSA) is 116 Å². The predicted molar refractivity (Wildman–Crippen MR) is 120 cm³/mol. The number of hydrogen-bond donors (Lipinski definition) is 1. The average Bonchev–Trinajstić information content (AvgIpc) is 2.77.